The van der Waals surface area contributed by atoms with Crippen LogP contribution in [-0.2, 0) is 20.9 Å². The van der Waals surface area contributed by atoms with Crippen LogP contribution >= 0.6 is 0 Å². The van der Waals surface area contributed by atoms with Crippen LogP contribution < -0.4 is 5.73 Å². The van der Waals surface area contributed by atoms with E-state index in [0.717, 1.165) is 5.56 Å². The summed E-state index contributed by atoms with van der Waals surface area (Å²) in [6.07, 6.45) is -0.423. The van der Waals surface area contributed by atoms with Gasteiger partial charge in [0.25, 0.3) is 0 Å². The van der Waals surface area contributed by atoms with Crippen molar-refractivity contribution in [2.24, 2.45) is 5.73 Å². The van der Waals surface area contributed by atoms with Crippen LogP contribution in [0.2, 0.25) is 0 Å². The number of nitrogens with two attached hydrogens (primary N) is 1. The van der Waals surface area contributed by atoms with E-state index in [-0.39, 0.29) is 6.61 Å². The molecule has 3 N–H and O–H groups in total. The Labute approximate surface area is 92.8 Å². The lowest BCUT2D eigenvalue weighted by Crippen LogP contribution is -2.34. The van der Waals surface area contributed by atoms with Gasteiger partial charge in [-0.3, -0.25) is 9.59 Å². The van der Waals surface area contributed by atoms with Crippen LogP contribution in [0.3, 0.4) is 0 Å². The summed E-state index contributed by atoms with van der Waals surface area (Å²) in [7, 11) is 0. The van der Waals surface area contributed by atoms with Crippen molar-refractivity contribution in [3.63, 3.8) is 0 Å². The Kier molecular flexibility index (Phi) is 4.47. The third-order valence-electron chi connectivity index (χ3n) is 1.92. The number of rotatable bonds is 5. The second kappa shape index (κ2) is 5.87. The predicted molar refractivity (Wildman–Crippen MR) is 56.5 cm³/mol. The first-order chi connectivity index (χ1) is 7.59. The van der Waals surface area contributed by atoms with Crippen LogP contribution in [0, 0.1) is 0 Å². The first-order valence-corrected chi connectivity index (χ1v) is 4.77. The summed E-state index contributed by atoms with van der Waals surface area (Å²) in [5.74, 6) is -1.82. The van der Waals surface area contributed by atoms with Crippen molar-refractivity contribution in [1.82, 2.24) is 0 Å². The van der Waals surface area contributed by atoms with Gasteiger partial charge >= 0.3 is 11.9 Å². The molecule has 1 rings (SSSR count). The minimum absolute atomic E-state index is 0.104. The van der Waals surface area contributed by atoms with Gasteiger partial charge in [-0.05, 0) is 5.56 Å². The number of carbonyl (C=O) groups is 2. The molecule has 0 radical (unpaired) electrons. The van der Waals surface area contributed by atoms with Gasteiger partial charge < -0.3 is 15.6 Å². The molecule has 1 atom stereocenters. The number of aliphatic carboxylic acids is 1. The van der Waals surface area contributed by atoms with Crippen molar-refractivity contribution < 1.29 is 19.4 Å². The number of esters is 1. The Morgan fingerprint density at radius 2 is 1.94 bits per heavy atom. The third-order valence-corrected chi connectivity index (χ3v) is 1.92. The number of benzene rings is 1. The fourth-order valence-electron chi connectivity index (χ4n) is 1.11. The molecule has 1 aromatic rings. The number of carboxylic acid groups (broad SMARTS) is 1. The molecule has 0 spiro atoms. The van der Waals surface area contributed by atoms with Crippen LogP contribution in [0.25, 0.3) is 0 Å². The van der Waals surface area contributed by atoms with E-state index in [1.54, 1.807) is 12.1 Å². The Morgan fingerprint density at radius 1 is 1.31 bits per heavy atom. The van der Waals surface area contributed by atoms with Gasteiger partial charge in [-0.1, -0.05) is 30.3 Å². The topological polar surface area (TPSA) is 89.6 Å². The molecule has 0 bridgehead atoms. The molecule has 0 fully saturated rings. The maximum Gasteiger partial charge on any atom is 0.323 e. The third kappa shape index (κ3) is 4.10. The zero-order valence-electron chi connectivity index (χ0n) is 8.63. The van der Waals surface area contributed by atoms with E-state index in [4.69, 9.17) is 15.6 Å². The van der Waals surface area contributed by atoms with Gasteiger partial charge in [0.15, 0.2) is 0 Å². The number of ether oxygens (including phenoxy) is 1. The molecule has 86 valence electrons. The number of hydrogen-bond donors (Lipinski definition) is 2. The van der Waals surface area contributed by atoms with E-state index in [9.17, 15) is 9.59 Å². The summed E-state index contributed by atoms with van der Waals surface area (Å²) >= 11 is 0. The summed E-state index contributed by atoms with van der Waals surface area (Å²) in [6.45, 7) is 0.104. The number of carbonyl (C=O) groups excluding carboxylic acids is 1. The zero-order chi connectivity index (χ0) is 12.0. The fourth-order valence-corrected chi connectivity index (χ4v) is 1.11. The maximum atomic E-state index is 11.2. The van der Waals surface area contributed by atoms with E-state index >= 15 is 0 Å². The van der Waals surface area contributed by atoms with E-state index < -0.39 is 24.4 Å². The summed E-state index contributed by atoms with van der Waals surface area (Å²) in [5.41, 5.74) is 6.16. The lowest BCUT2D eigenvalue weighted by molar-refractivity contribution is -0.150. The molecule has 0 unspecified atom stereocenters. The smallest absolute Gasteiger partial charge is 0.323 e. The van der Waals surface area contributed by atoms with Gasteiger partial charge in [-0.25, -0.2) is 0 Å². The summed E-state index contributed by atoms with van der Waals surface area (Å²) < 4.78 is 4.86. The summed E-state index contributed by atoms with van der Waals surface area (Å²) in [5, 5.41) is 8.43. The molecule has 0 aliphatic heterocycles. The van der Waals surface area contributed by atoms with Crippen molar-refractivity contribution in [2.45, 2.75) is 19.1 Å². The highest BCUT2D eigenvalue weighted by Gasteiger charge is 2.18. The van der Waals surface area contributed by atoms with Crippen molar-refractivity contribution in [3.05, 3.63) is 35.9 Å². The van der Waals surface area contributed by atoms with Gasteiger partial charge in [0.05, 0.1) is 6.42 Å². The van der Waals surface area contributed by atoms with Gasteiger partial charge in [0.1, 0.15) is 12.6 Å². The fraction of sp³-hybridized carbons (Fsp3) is 0.273. The Hall–Kier alpha value is -1.88. The van der Waals surface area contributed by atoms with E-state index in [2.05, 4.69) is 0 Å². The monoisotopic (exact) mass is 223 g/mol. The second-order valence-corrected chi connectivity index (χ2v) is 3.30. The maximum absolute atomic E-state index is 11.2. The molecule has 16 heavy (non-hydrogen) atoms. The van der Waals surface area contributed by atoms with Crippen LogP contribution in [0.5, 0.6) is 0 Å². The van der Waals surface area contributed by atoms with Crippen LogP contribution in [0.4, 0.5) is 0 Å². The molecule has 0 amide bonds. The second-order valence-electron chi connectivity index (χ2n) is 3.30. The van der Waals surface area contributed by atoms with Crippen molar-refractivity contribution in [3.8, 4) is 0 Å². The number of carboxylic acids is 1. The van der Waals surface area contributed by atoms with Crippen LogP contribution in [-0.4, -0.2) is 23.1 Å². The van der Waals surface area contributed by atoms with E-state index in [0.29, 0.717) is 0 Å². The molecule has 0 aromatic heterocycles. The first-order valence-electron chi connectivity index (χ1n) is 4.77. The highest BCUT2D eigenvalue weighted by Crippen LogP contribution is 2.02. The zero-order valence-corrected chi connectivity index (χ0v) is 8.63. The van der Waals surface area contributed by atoms with E-state index in [1.807, 2.05) is 18.2 Å². The molecule has 0 aliphatic rings. The molecule has 5 heteroatoms. The first kappa shape index (κ1) is 12.2. The summed E-state index contributed by atoms with van der Waals surface area (Å²) in [6, 6.07) is 7.98. The average Bonchev–Trinajstić information content (AvgIpc) is 2.26. The lowest BCUT2D eigenvalue weighted by atomic mass is 10.2. The van der Waals surface area contributed by atoms with Crippen molar-refractivity contribution >= 4 is 11.9 Å². The van der Waals surface area contributed by atoms with Gasteiger partial charge in [-0.2, -0.15) is 0 Å². The molecule has 1 aromatic carbocycles. The van der Waals surface area contributed by atoms with Crippen molar-refractivity contribution in [2.75, 3.05) is 0 Å². The van der Waals surface area contributed by atoms with Crippen molar-refractivity contribution in [1.29, 1.82) is 0 Å². The normalized spacial score (nSPS) is 11.8. The van der Waals surface area contributed by atoms with Gasteiger partial charge in [0.2, 0.25) is 0 Å². The quantitative estimate of drug-likeness (QED) is 0.711. The largest absolute Gasteiger partial charge is 0.481 e. The highest BCUT2D eigenvalue weighted by molar-refractivity contribution is 5.81. The SMILES string of the molecule is N[C@@H](CC(=O)O)C(=O)OCc1ccccc1. The molecule has 5 nitrogen and oxygen atoms in total. The highest BCUT2D eigenvalue weighted by atomic mass is 16.5. The average molecular weight is 223 g/mol. The lowest BCUT2D eigenvalue weighted by Gasteiger charge is -2.09. The Balaban J connectivity index is 2.38. The molecule has 0 saturated carbocycles. The Bertz CT molecular complexity index is 364. The standard InChI is InChI=1S/C11H13NO4/c12-9(6-10(13)14)11(15)16-7-8-4-2-1-3-5-8/h1-5,9H,6-7,12H2,(H,13,14)/t9-/m0/s1. The molecule has 0 saturated heterocycles. The van der Waals surface area contributed by atoms with Crippen LogP contribution in [0.1, 0.15) is 12.0 Å². The summed E-state index contributed by atoms with van der Waals surface area (Å²) in [4.78, 5) is 21.5. The van der Waals surface area contributed by atoms with E-state index in [1.165, 1.54) is 0 Å². The molecular formula is C11H13NO4. The predicted octanol–water partition coefficient (Wildman–Crippen LogP) is 0.532. The van der Waals surface area contributed by atoms with Gasteiger partial charge in [0, 0.05) is 0 Å². The minimum Gasteiger partial charge on any atom is -0.481 e. The molecular weight excluding hydrogens is 210 g/mol. The molecule has 0 heterocycles. The minimum atomic E-state index is -1.12. The van der Waals surface area contributed by atoms with Gasteiger partial charge in [-0.15, -0.1) is 0 Å². The van der Waals surface area contributed by atoms with Crippen LogP contribution in [0.15, 0.2) is 30.3 Å². The Morgan fingerprint density at radius 3 is 2.50 bits per heavy atom. The number of hydrogen-bond acceptors (Lipinski definition) is 4. The molecule has 0 aliphatic carbocycles.